The molecule has 0 saturated carbocycles. The Morgan fingerprint density at radius 2 is 2.11 bits per heavy atom. The molecule has 10 heteroatoms. The number of allylic oxidation sites excluding steroid dienone is 1. The smallest absolute Gasteiger partial charge is 0.465 e. The predicted molar refractivity (Wildman–Crippen MR) is 52.7 cm³/mol. The SMILES string of the molecule is CC1C=C(OS(=O)(=O)C(F)(F)F)N(C(=O)O)CC1. The summed E-state index contributed by atoms with van der Waals surface area (Å²) in [6.07, 6.45) is -0.183. The molecule has 0 aliphatic carbocycles. The zero-order valence-corrected chi connectivity index (χ0v) is 9.95. The van der Waals surface area contributed by atoms with Gasteiger partial charge in [-0.25, -0.2) is 9.69 Å². The second kappa shape index (κ2) is 4.67. The van der Waals surface area contributed by atoms with E-state index in [0.29, 0.717) is 11.3 Å². The van der Waals surface area contributed by atoms with Crippen molar-refractivity contribution in [1.29, 1.82) is 0 Å². The summed E-state index contributed by atoms with van der Waals surface area (Å²) in [6.45, 7) is 1.47. The topological polar surface area (TPSA) is 83.9 Å². The van der Waals surface area contributed by atoms with Crippen molar-refractivity contribution in [2.75, 3.05) is 6.54 Å². The molecule has 0 aromatic rings. The van der Waals surface area contributed by atoms with Gasteiger partial charge in [0, 0.05) is 6.54 Å². The Bertz CT molecular complexity index is 470. The molecular formula is C8H10F3NO5S. The van der Waals surface area contributed by atoms with Crippen LogP contribution in [-0.2, 0) is 14.3 Å². The Kier molecular flexibility index (Phi) is 3.79. The first-order valence-corrected chi connectivity index (χ1v) is 6.18. The van der Waals surface area contributed by atoms with E-state index in [1.165, 1.54) is 0 Å². The van der Waals surface area contributed by atoms with Crippen LogP contribution >= 0.6 is 0 Å². The van der Waals surface area contributed by atoms with Crippen LogP contribution in [0.1, 0.15) is 13.3 Å². The highest BCUT2D eigenvalue weighted by atomic mass is 32.2. The molecule has 6 nitrogen and oxygen atoms in total. The average Bonchev–Trinajstić information content (AvgIpc) is 2.14. The molecule has 0 radical (unpaired) electrons. The summed E-state index contributed by atoms with van der Waals surface area (Å²) in [4.78, 5) is 11.2. The fourth-order valence-electron chi connectivity index (χ4n) is 1.28. The first-order chi connectivity index (χ1) is 8.04. The fourth-order valence-corrected chi connectivity index (χ4v) is 1.75. The number of alkyl halides is 3. The van der Waals surface area contributed by atoms with Gasteiger partial charge in [-0.1, -0.05) is 6.92 Å². The van der Waals surface area contributed by atoms with E-state index in [1.807, 2.05) is 0 Å². The predicted octanol–water partition coefficient (Wildman–Crippen LogP) is 1.71. The summed E-state index contributed by atoms with van der Waals surface area (Å²) >= 11 is 0. The first-order valence-electron chi connectivity index (χ1n) is 4.77. The van der Waals surface area contributed by atoms with Crippen LogP contribution in [0, 0.1) is 5.92 Å². The number of rotatable bonds is 2. The molecule has 18 heavy (non-hydrogen) atoms. The molecule has 1 rings (SSSR count). The second-order valence-electron chi connectivity index (χ2n) is 3.69. The summed E-state index contributed by atoms with van der Waals surface area (Å²) in [5.41, 5.74) is -5.60. The lowest BCUT2D eigenvalue weighted by molar-refractivity contribution is -0.0538. The molecule has 1 N–H and O–H groups in total. The van der Waals surface area contributed by atoms with Crippen molar-refractivity contribution in [3.63, 3.8) is 0 Å². The zero-order valence-electron chi connectivity index (χ0n) is 9.14. The van der Waals surface area contributed by atoms with Gasteiger partial charge in [-0.05, 0) is 18.4 Å². The van der Waals surface area contributed by atoms with E-state index in [-0.39, 0.29) is 12.5 Å². The Labute approximate surface area is 101 Å². The Morgan fingerprint density at radius 1 is 1.56 bits per heavy atom. The van der Waals surface area contributed by atoms with E-state index >= 15 is 0 Å². The standard InChI is InChI=1S/C8H10F3NO5S/c1-5-2-3-12(7(13)14)6(4-5)17-18(15,16)8(9,10)11/h4-5H,2-3H2,1H3,(H,13,14). The van der Waals surface area contributed by atoms with Gasteiger partial charge >= 0.3 is 21.7 Å². The van der Waals surface area contributed by atoms with Crippen LogP contribution in [0.2, 0.25) is 0 Å². The molecular weight excluding hydrogens is 279 g/mol. The summed E-state index contributed by atoms with van der Waals surface area (Å²) in [5, 5.41) is 8.72. The summed E-state index contributed by atoms with van der Waals surface area (Å²) in [5.74, 6) is -1.11. The van der Waals surface area contributed by atoms with Crippen molar-refractivity contribution in [2.45, 2.75) is 18.9 Å². The molecule has 104 valence electrons. The molecule has 1 aliphatic rings. The monoisotopic (exact) mass is 289 g/mol. The van der Waals surface area contributed by atoms with Crippen molar-refractivity contribution in [3.05, 3.63) is 12.0 Å². The third-order valence-corrected chi connectivity index (χ3v) is 3.17. The van der Waals surface area contributed by atoms with E-state index in [9.17, 15) is 26.4 Å². The fraction of sp³-hybridized carbons (Fsp3) is 0.625. The molecule has 1 aliphatic heterocycles. The van der Waals surface area contributed by atoms with Crippen molar-refractivity contribution >= 4 is 16.2 Å². The number of halogens is 3. The third-order valence-electron chi connectivity index (χ3n) is 2.21. The van der Waals surface area contributed by atoms with Crippen molar-refractivity contribution in [2.24, 2.45) is 5.92 Å². The summed E-state index contributed by atoms with van der Waals surface area (Å²) < 4.78 is 61.7. The van der Waals surface area contributed by atoms with E-state index in [1.54, 1.807) is 6.92 Å². The molecule has 0 bridgehead atoms. The van der Waals surface area contributed by atoms with Crippen LogP contribution < -0.4 is 0 Å². The Hall–Kier alpha value is -1.45. The molecule has 0 fully saturated rings. The number of carboxylic acid groups (broad SMARTS) is 1. The lowest BCUT2D eigenvalue weighted by Gasteiger charge is -2.27. The number of amides is 1. The number of carbonyl (C=O) groups is 1. The molecule has 1 amide bonds. The maximum atomic E-state index is 12.1. The minimum absolute atomic E-state index is 0.129. The zero-order chi connectivity index (χ0) is 14.1. The van der Waals surface area contributed by atoms with Gasteiger partial charge in [-0.3, -0.25) is 0 Å². The lowest BCUT2D eigenvalue weighted by atomic mass is 10.1. The first kappa shape index (κ1) is 14.6. The quantitative estimate of drug-likeness (QED) is 0.618. The minimum Gasteiger partial charge on any atom is -0.465 e. The summed E-state index contributed by atoms with van der Waals surface area (Å²) in [6, 6.07) is 0. The molecule has 0 spiro atoms. The van der Waals surface area contributed by atoms with E-state index in [2.05, 4.69) is 4.18 Å². The van der Waals surface area contributed by atoms with E-state index < -0.39 is 27.6 Å². The van der Waals surface area contributed by atoms with Crippen molar-refractivity contribution < 1.29 is 35.7 Å². The van der Waals surface area contributed by atoms with Crippen LogP contribution in [0.25, 0.3) is 0 Å². The van der Waals surface area contributed by atoms with Gasteiger partial charge in [0.05, 0.1) is 0 Å². The van der Waals surface area contributed by atoms with Crippen LogP contribution in [0.3, 0.4) is 0 Å². The van der Waals surface area contributed by atoms with E-state index in [4.69, 9.17) is 5.11 Å². The molecule has 1 heterocycles. The van der Waals surface area contributed by atoms with Crippen LogP contribution in [0.4, 0.5) is 18.0 Å². The lowest BCUT2D eigenvalue weighted by Crippen LogP contribution is -2.37. The highest BCUT2D eigenvalue weighted by Crippen LogP contribution is 2.30. The van der Waals surface area contributed by atoms with Gasteiger partial charge in [0.1, 0.15) is 0 Å². The van der Waals surface area contributed by atoms with Gasteiger partial charge < -0.3 is 9.29 Å². The summed E-state index contributed by atoms with van der Waals surface area (Å²) in [7, 11) is -5.86. The number of hydrogen-bond donors (Lipinski definition) is 1. The molecule has 1 unspecified atom stereocenters. The third kappa shape index (κ3) is 3.06. The largest absolute Gasteiger partial charge is 0.534 e. The van der Waals surface area contributed by atoms with Gasteiger partial charge in [0.2, 0.25) is 5.88 Å². The Balaban J connectivity index is 3.03. The highest BCUT2D eigenvalue weighted by Gasteiger charge is 2.49. The van der Waals surface area contributed by atoms with Gasteiger partial charge in [-0.15, -0.1) is 0 Å². The van der Waals surface area contributed by atoms with E-state index in [0.717, 1.165) is 6.08 Å². The number of nitrogens with zero attached hydrogens (tertiary/aromatic N) is 1. The Morgan fingerprint density at radius 3 is 2.56 bits per heavy atom. The molecule has 0 aromatic heterocycles. The molecule has 0 aromatic carbocycles. The normalized spacial score (nSPS) is 21.4. The molecule has 1 atom stereocenters. The maximum Gasteiger partial charge on any atom is 0.534 e. The highest BCUT2D eigenvalue weighted by molar-refractivity contribution is 7.87. The maximum absolute atomic E-state index is 12.1. The van der Waals surface area contributed by atoms with Crippen LogP contribution in [0.5, 0.6) is 0 Å². The van der Waals surface area contributed by atoms with Crippen molar-refractivity contribution in [3.8, 4) is 0 Å². The van der Waals surface area contributed by atoms with Crippen LogP contribution in [-0.4, -0.2) is 36.6 Å². The second-order valence-corrected chi connectivity index (χ2v) is 5.23. The van der Waals surface area contributed by atoms with Crippen molar-refractivity contribution in [1.82, 2.24) is 4.90 Å². The number of hydrogen-bond acceptors (Lipinski definition) is 4. The average molecular weight is 289 g/mol. The van der Waals surface area contributed by atoms with Crippen LogP contribution in [0.15, 0.2) is 12.0 Å². The van der Waals surface area contributed by atoms with Gasteiger partial charge in [0.25, 0.3) is 0 Å². The molecule has 0 saturated heterocycles. The van der Waals surface area contributed by atoms with Gasteiger partial charge in [-0.2, -0.15) is 21.6 Å². The minimum atomic E-state index is -5.86. The van der Waals surface area contributed by atoms with Gasteiger partial charge in [0.15, 0.2) is 0 Å².